The van der Waals surface area contributed by atoms with Crippen LogP contribution in [0.4, 0.5) is 0 Å². The standard InChI is InChI=1S/C15H31NO2/c1-5-16-15(4,11-17)10-13(3)18-14-8-6-7-12(2)9-14/h12-14,16-17H,5-11H2,1-4H3. The third-order valence-electron chi connectivity index (χ3n) is 4.00. The molecule has 1 fully saturated rings. The Morgan fingerprint density at radius 2 is 2.17 bits per heavy atom. The molecule has 3 heteroatoms. The van der Waals surface area contributed by atoms with E-state index in [-0.39, 0.29) is 18.2 Å². The summed E-state index contributed by atoms with van der Waals surface area (Å²) in [5.41, 5.74) is -0.214. The van der Waals surface area contributed by atoms with Crippen LogP contribution >= 0.6 is 0 Å². The van der Waals surface area contributed by atoms with Crippen molar-refractivity contribution in [1.29, 1.82) is 0 Å². The molecular weight excluding hydrogens is 226 g/mol. The summed E-state index contributed by atoms with van der Waals surface area (Å²) >= 11 is 0. The highest BCUT2D eigenvalue weighted by Crippen LogP contribution is 2.27. The second-order valence-corrected chi connectivity index (χ2v) is 6.29. The Morgan fingerprint density at radius 3 is 2.72 bits per heavy atom. The lowest BCUT2D eigenvalue weighted by molar-refractivity contribution is -0.0470. The summed E-state index contributed by atoms with van der Waals surface area (Å²) in [7, 11) is 0. The fourth-order valence-electron chi connectivity index (χ4n) is 3.13. The van der Waals surface area contributed by atoms with Gasteiger partial charge in [0, 0.05) is 5.54 Å². The first kappa shape index (κ1) is 15.9. The highest BCUT2D eigenvalue weighted by atomic mass is 16.5. The van der Waals surface area contributed by atoms with Gasteiger partial charge < -0.3 is 15.2 Å². The Bertz CT molecular complexity index is 235. The molecule has 0 aliphatic heterocycles. The molecular formula is C15H31NO2. The van der Waals surface area contributed by atoms with Gasteiger partial charge in [-0.1, -0.05) is 26.7 Å². The highest BCUT2D eigenvalue weighted by Gasteiger charge is 2.27. The molecule has 3 nitrogen and oxygen atoms in total. The molecule has 108 valence electrons. The fraction of sp³-hybridized carbons (Fsp3) is 1.00. The van der Waals surface area contributed by atoms with Crippen molar-refractivity contribution >= 4 is 0 Å². The number of aliphatic hydroxyl groups excluding tert-OH is 1. The molecule has 0 aromatic carbocycles. The molecule has 0 aromatic heterocycles. The molecule has 0 radical (unpaired) electrons. The van der Waals surface area contributed by atoms with Crippen LogP contribution in [0, 0.1) is 5.92 Å². The normalized spacial score (nSPS) is 29.8. The van der Waals surface area contributed by atoms with Crippen molar-refractivity contribution in [2.24, 2.45) is 5.92 Å². The first-order chi connectivity index (χ1) is 8.49. The molecule has 1 rings (SSSR count). The second-order valence-electron chi connectivity index (χ2n) is 6.29. The minimum absolute atomic E-state index is 0.162. The number of likely N-dealkylation sites (N-methyl/N-ethyl adjacent to an activating group) is 1. The Balaban J connectivity index is 2.37. The Morgan fingerprint density at radius 1 is 1.44 bits per heavy atom. The van der Waals surface area contributed by atoms with Crippen LogP contribution in [0.2, 0.25) is 0 Å². The number of hydrogen-bond acceptors (Lipinski definition) is 3. The van der Waals surface area contributed by atoms with Gasteiger partial charge in [0.05, 0.1) is 18.8 Å². The molecule has 1 saturated carbocycles. The van der Waals surface area contributed by atoms with Gasteiger partial charge in [-0.25, -0.2) is 0 Å². The monoisotopic (exact) mass is 257 g/mol. The predicted molar refractivity (Wildman–Crippen MR) is 75.8 cm³/mol. The van der Waals surface area contributed by atoms with Crippen LogP contribution in [0.15, 0.2) is 0 Å². The van der Waals surface area contributed by atoms with Gasteiger partial charge >= 0.3 is 0 Å². The van der Waals surface area contributed by atoms with Crippen LogP contribution in [0.1, 0.15) is 59.8 Å². The average Bonchev–Trinajstić information content (AvgIpc) is 2.29. The lowest BCUT2D eigenvalue weighted by Gasteiger charge is -2.34. The molecule has 1 aliphatic rings. The number of rotatable bonds is 7. The third kappa shape index (κ3) is 5.25. The first-order valence-corrected chi connectivity index (χ1v) is 7.50. The van der Waals surface area contributed by atoms with Crippen molar-refractivity contribution in [2.75, 3.05) is 13.2 Å². The van der Waals surface area contributed by atoms with E-state index < -0.39 is 0 Å². The lowest BCUT2D eigenvalue weighted by Crippen LogP contribution is -2.48. The van der Waals surface area contributed by atoms with Gasteiger partial charge in [0.15, 0.2) is 0 Å². The van der Waals surface area contributed by atoms with Gasteiger partial charge in [0.25, 0.3) is 0 Å². The van der Waals surface area contributed by atoms with E-state index in [4.69, 9.17) is 4.74 Å². The van der Waals surface area contributed by atoms with E-state index in [1.807, 2.05) is 0 Å². The minimum atomic E-state index is -0.214. The molecule has 0 heterocycles. The van der Waals surface area contributed by atoms with E-state index in [2.05, 4.69) is 33.0 Å². The fourth-order valence-corrected chi connectivity index (χ4v) is 3.13. The second kappa shape index (κ2) is 7.46. The quantitative estimate of drug-likeness (QED) is 0.737. The van der Waals surface area contributed by atoms with E-state index >= 15 is 0 Å². The average molecular weight is 257 g/mol. The molecule has 0 spiro atoms. The van der Waals surface area contributed by atoms with Crippen molar-refractivity contribution in [3.63, 3.8) is 0 Å². The number of nitrogens with one attached hydrogen (secondary N) is 1. The van der Waals surface area contributed by atoms with E-state index in [0.717, 1.165) is 18.9 Å². The van der Waals surface area contributed by atoms with Crippen LogP contribution in [0.3, 0.4) is 0 Å². The van der Waals surface area contributed by atoms with Crippen molar-refractivity contribution in [3.8, 4) is 0 Å². The SMILES string of the molecule is CCNC(C)(CO)CC(C)OC1CCCC(C)C1. The van der Waals surface area contributed by atoms with Crippen LogP contribution in [-0.4, -0.2) is 36.0 Å². The maximum atomic E-state index is 9.50. The maximum Gasteiger partial charge on any atom is 0.0611 e. The zero-order valence-corrected chi connectivity index (χ0v) is 12.5. The van der Waals surface area contributed by atoms with E-state index in [9.17, 15) is 5.11 Å². The summed E-state index contributed by atoms with van der Waals surface area (Å²) in [5, 5.41) is 12.9. The number of hydrogen-bond donors (Lipinski definition) is 2. The summed E-state index contributed by atoms with van der Waals surface area (Å²) in [4.78, 5) is 0. The molecule has 18 heavy (non-hydrogen) atoms. The van der Waals surface area contributed by atoms with E-state index in [0.29, 0.717) is 6.10 Å². The topological polar surface area (TPSA) is 41.5 Å². The molecule has 4 atom stereocenters. The Kier molecular flexibility index (Phi) is 6.61. The van der Waals surface area contributed by atoms with Crippen molar-refractivity contribution in [3.05, 3.63) is 0 Å². The molecule has 1 aliphatic carbocycles. The molecule has 4 unspecified atom stereocenters. The summed E-state index contributed by atoms with van der Waals surface area (Å²) < 4.78 is 6.15. The zero-order valence-electron chi connectivity index (χ0n) is 12.5. The van der Waals surface area contributed by atoms with E-state index in [1.54, 1.807) is 0 Å². The van der Waals surface area contributed by atoms with Gasteiger partial charge in [0.2, 0.25) is 0 Å². The molecule has 0 amide bonds. The highest BCUT2D eigenvalue weighted by molar-refractivity contribution is 4.84. The van der Waals surface area contributed by atoms with E-state index in [1.165, 1.54) is 25.7 Å². The molecule has 2 N–H and O–H groups in total. The maximum absolute atomic E-state index is 9.50. The summed E-state index contributed by atoms with van der Waals surface area (Å²) in [5.74, 6) is 0.800. The molecule has 0 bridgehead atoms. The molecule has 0 saturated heterocycles. The van der Waals surface area contributed by atoms with Gasteiger partial charge in [-0.3, -0.25) is 0 Å². The van der Waals surface area contributed by atoms with Gasteiger partial charge in [-0.05, 0) is 45.6 Å². The van der Waals surface area contributed by atoms with Gasteiger partial charge in [-0.15, -0.1) is 0 Å². The van der Waals surface area contributed by atoms with Gasteiger partial charge in [-0.2, -0.15) is 0 Å². The van der Waals surface area contributed by atoms with Crippen molar-refractivity contribution in [1.82, 2.24) is 5.32 Å². The van der Waals surface area contributed by atoms with Crippen molar-refractivity contribution < 1.29 is 9.84 Å². The summed E-state index contributed by atoms with van der Waals surface area (Å²) in [6, 6.07) is 0. The zero-order chi connectivity index (χ0) is 13.6. The smallest absolute Gasteiger partial charge is 0.0611 e. The van der Waals surface area contributed by atoms with Crippen molar-refractivity contribution in [2.45, 2.75) is 77.5 Å². The minimum Gasteiger partial charge on any atom is -0.394 e. The Labute approximate surface area is 112 Å². The summed E-state index contributed by atoms with van der Waals surface area (Å²) in [6.07, 6.45) is 6.53. The van der Waals surface area contributed by atoms with Crippen LogP contribution in [0.25, 0.3) is 0 Å². The van der Waals surface area contributed by atoms with Crippen LogP contribution in [-0.2, 0) is 4.74 Å². The number of ether oxygens (including phenoxy) is 1. The predicted octanol–water partition coefficient (Wildman–Crippen LogP) is 2.72. The first-order valence-electron chi connectivity index (χ1n) is 7.50. The number of aliphatic hydroxyl groups is 1. The van der Waals surface area contributed by atoms with Crippen LogP contribution < -0.4 is 5.32 Å². The largest absolute Gasteiger partial charge is 0.394 e. The third-order valence-corrected chi connectivity index (χ3v) is 4.00. The lowest BCUT2D eigenvalue weighted by atomic mass is 9.88. The Hall–Kier alpha value is -0.120. The van der Waals surface area contributed by atoms with Gasteiger partial charge in [0.1, 0.15) is 0 Å². The van der Waals surface area contributed by atoms with Crippen LogP contribution in [0.5, 0.6) is 0 Å². The molecule has 0 aromatic rings. The summed E-state index contributed by atoms with van der Waals surface area (Å²) in [6.45, 7) is 9.63.